The molecule has 0 unspecified atom stereocenters. The van der Waals surface area contributed by atoms with E-state index >= 15 is 0 Å². The normalized spacial score (nSPS) is 10.5. The fraction of sp³-hybridized carbons (Fsp3) is 0. The second kappa shape index (κ2) is 7.16. The van der Waals surface area contributed by atoms with Gasteiger partial charge in [-0.1, -0.05) is 36.4 Å². The molecule has 0 N–H and O–H groups in total. The van der Waals surface area contributed by atoms with Gasteiger partial charge < -0.3 is 4.57 Å². The molecule has 5 rings (SSSR count). The molecule has 0 aliphatic heterocycles. The summed E-state index contributed by atoms with van der Waals surface area (Å²) in [5.41, 5.74) is 5.54. The smallest absolute Gasteiger partial charge is 0.158 e. The molecular weight excluding hydrogens is 382 g/mol. The van der Waals surface area contributed by atoms with E-state index in [-0.39, 0.29) is 11.3 Å². The van der Waals surface area contributed by atoms with E-state index in [1.54, 1.807) is 12.3 Å². The van der Waals surface area contributed by atoms with Crippen molar-refractivity contribution in [2.24, 2.45) is 0 Å². The van der Waals surface area contributed by atoms with Gasteiger partial charge in [0.25, 0.3) is 0 Å². The first-order valence-electron chi connectivity index (χ1n) is 9.58. The van der Waals surface area contributed by atoms with Gasteiger partial charge in [-0.2, -0.15) is 15.8 Å². The fourth-order valence-corrected chi connectivity index (χ4v) is 4.00. The number of para-hydroxylation sites is 2. The number of fused-ring (bicyclic) bond motifs is 3. The van der Waals surface area contributed by atoms with Crippen molar-refractivity contribution < 1.29 is 0 Å². The van der Waals surface area contributed by atoms with Crippen LogP contribution in [0.5, 0.6) is 0 Å². The maximum absolute atomic E-state index is 9.43. The number of hydrogen-bond acceptors (Lipinski definition) is 4. The van der Waals surface area contributed by atoms with Crippen LogP contribution in [0.2, 0.25) is 0 Å². The summed E-state index contributed by atoms with van der Waals surface area (Å²) in [5.74, 6) is 0. The lowest BCUT2D eigenvalue weighted by atomic mass is 10.0. The first-order chi connectivity index (χ1) is 15.2. The van der Waals surface area contributed by atoms with Crippen molar-refractivity contribution in [3.63, 3.8) is 0 Å². The van der Waals surface area contributed by atoms with Gasteiger partial charge in [0.05, 0.1) is 33.9 Å². The van der Waals surface area contributed by atoms with Gasteiger partial charge >= 0.3 is 0 Å². The van der Waals surface area contributed by atoms with Crippen molar-refractivity contribution in [2.45, 2.75) is 0 Å². The average Bonchev–Trinajstić information content (AvgIpc) is 3.17. The first kappa shape index (κ1) is 18.1. The van der Waals surface area contributed by atoms with Crippen molar-refractivity contribution in [3.8, 4) is 35.0 Å². The van der Waals surface area contributed by atoms with E-state index in [9.17, 15) is 15.8 Å². The number of aromatic nitrogens is 2. The topological polar surface area (TPSA) is 89.2 Å². The summed E-state index contributed by atoms with van der Waals surface area (Å²) in [4.78, 5) is 4.19. The third-order valence-corrected chi connectivity index (χ3v) is 5.37. The van der Waals surface area contributed by atoms with E-state index in [2.05, 4.69) is 33.8 Å². The number of nitrogens with zero attached hydrogens (tertiary/aromatic N) is 5. The summed E-state index contributed by atoms with van der Waals surface area (Å²) in [5, 5.41) is 30.1. The first-order valence-corrected chi connectivity index (χ1v) is 9.58. The van der Waals surface area contributed by atoms with Gasteiger partial charge in [-0.15, -0.1) is 0 Å². The third-order valence-electron chi connectivity index (χ3n) is 5.37. The Hall–Kier alpha value is -4.92. The zero-order chi connectivity index (χ0) is 21.4. The predicted octanol–water partition coefficient (Wildman–Crippen LogP) is 5.46. The summed E-state index contributed by atoms with van der Waals surface area (Å²) in [6, 6.07) is 29.6. The average molecular weight is 395 g/mol. The predicted molar refractivity (Wildman–Crippen MR) is 118 cm³/mol. The highest BCUT2D eigenvalue weighted by molar-refractivity contribution is 6.10. The molecule has 0 aliphatic carbocycles. The lowest BCUT2D eigenvalue weighted by Crippen LogP contribution is -1.98. The van der Waals surface area contributed by atoms with Gasteiger partial charge in [-0.25, -0.2) is 4.98 Å². The Morgan fingerprint density at radius 2 is 1.48 bits per heavy atom. The Morgan fingerprint density at radius 3 is 2.29 bits per heavy atom. The zero-order valence-corrected chi connectivity index (χ0v) is 16.2. The summed E-state index contributed by atoms with van der Waals surface area (Å²) in [6.07, 6.45) is 1.62. The van der Waals surface area contributed by atoms with E-state index in [1.807, 2.05) is 60.7 Å². The number of hydrogen-bond donors (Lipinski definition) is 0. The van der Waals surface area contributed by atoms with Crippen LogP contribution >= 0.6 is 0 Å². The quantitative estimate of drug-likeness (QED) is 0.397. The van der Waals surface area contributed by atoms with Gasteiger partial charge in [-0.3, -0.25) is 0 Å². The van der Waals surface area contributed by atoms with E-state index in [4.69, 9.17) is 0 Å². The van der Waals surface area contributed by atoms with Crippen LogP contribution in [0.15, 0.2) is 79.0 Å². The van der Waals surface area contributed by atoms with Crippen molar-refractivity contribution in [2.75, 3.05) is 0 Å². The summed E-state index contributed by atoms with van der Waals surface area (Å²) in [6.45, 7) is 0. The van der Waals surface area contributed by atoms with Crippen LogP contribution in [0, 0.1) is 34.0 Å². The van der Waals surface area contributed by atoms with Crippen LogP contribution in [0.1, 0.15) is 16.8 Å². The lowest BCUT2D eigenvalue weighted by Gasteiger charge is -2.14. The molecule has 0 spiro atoms. The molecule has 0 radical (unpaired) electrons. The zero-order valence-electron chi connectivity index (χ0n) is 16.2. The van der Waals surface area contributed by atoms with Gasteiger partial charge in [0.1, 0.15) is 12.1 Å². The molecule has 142 valence electrons. The number of nitriles is 3. The Morgan fingerprint density at radius 1 is 0.710 bits per heavy atom. The van der Waals surface area contributed by atoms with E-state index < -0.39 is 0 Å². The molecular formula is C26H13N5. The summed E-state index contributed by atoms with van der Waals surface area (Å²) in [7, 11) is 0. The summed E-state index contributed by atoms with van der Waals surface area (Å²) < 4.78 is 2.16. The Labute approximate surface area is 178 Å². The maximum atomic E-state index is 9.43. The lowest BCUT2D eigenvalue weighted by molar-refractivity contribution is 1.17. The Kier molecular flexibility index (Phi) is 4.19. The molecule has 5 nitrogen and oxygen atoms in total. The largest absolute Gasteiger partial charge is 0.309 e. The molecule has 5 heteroatoms. The minimum Gasteiger partial charge on any atom is -0.309 e. The minimum absolute atomic E-state index is 0.115. The van der Waals surface area contributed by atoms with Crippen molar-refractivity contribution in [1.29, 1.82) is 15.8 Å². The summed E-state index contributed by atoms with van der Waals surface area (Å²) >= 11 is 0. The molecule has 5 aromatic rings. The SMILES string of the molecule is N#Cc1ccc2c(c1)c1ccccc1n2-c1ccccc1-c1cnc(C#N)c(C#N)c1. The second-order valence-electron chi connectivity index (χ2n) is 7.06. The van der Waals surface area contributed by atoms with Crippen molar-refractivity contribution >= 4 is 21.8 Å². The Balaban J connectivity index is 1.85. The second-order valence-corrected chi connectivity index (χ2v) is 7.06. The van der Waals surface area contributed by atoms with Crippen molar-refractivity contribution in [1.82, 2.24) is 9.55 Å². The number of rotatable bonds is 2. The monoisotopic (exact) mass is 395 g/mol. The highest BCUT2D eigenvalue weighted by atomic mass is 15.0. The van der Waals surface area contributed by atoms with Crippen LogP contribution in [0.25, 0.3) is 38.6 Å². The molecule has 2 aromatic heterocycles. The fourth-order valence-electron chi connectivity index (χ4n) is 4.00. The molecule has 0 atom stereocenters. The molecule has 0 fully saturated rings. The van der Waals surface area contributed by atoms with Crippen LogP contribution in [-0.4, -0.2) is 9.55 Å². The van der Waals surface area contributed by atoms with Gasteiger partial charge in [-0.05, 0) is 36.4 Å². The standard InChI is InChI=1S/C26H13N5/c27-13-17-9-10-26-22(11-17)21-6-2-4-8-25(21)31(26)24-7-3-1-5-20(24)19-12-18(14-28)23(15-29)30-16-19/h1-12,16H. The number of pyridine rings is 1. The molecule has 0 saturated heterocycles. The molecule has 31 heavy (non-hydrogen) atoms. The van der Waals surface area contributed by atoms with Gasteiger partial charge in [0.2, 0.25) is 0 Å². The van der Waals surface area contributed by atoms with E-state index in [1.165, 1.54) is 0 Å². The van der Waals surface area contributed by atoms with Crippen LogP contribution < -0.4 is 0 Å². The third kappa shape index (κ3) is 2.80. The van der Waals surface area contributed by atoms with Crippen molar-refractivity contribution in [3.05, 3.63) is 95.8 Å². The molecule has 0 amide bonds. The molecule has 0 aliphatic rings. The highest BCUT2D eigenvalue weighted by Crippen LogP contribution is 2.36. The van der Waals surface area contributed by atoms with Crippen LogP contribution in [0.3, 0.4) is 0 Å². The maximum Gasteiger partial charge on any atom is 0.158 e. The molecule has 3 aromatic carbocycles. The molecule has 2 heterocycles. The number of benzene rings is 3. The highest BCUT2D eigenvalue weighted by Gasteiger charge is 2.16. The molecule has 0 bridgehead atoms. The minimum atomic E-state index is 0.115. The van der Waals surface area contributed by atoms with E-state index in [0.29, 0.717) is 5.56 Å². The van der Waals surface area contributed by atoms with Gasteiger partial charge in [0, 0.05) is 28.1 Å². The molecule has 0 saturated carbocycles. The van der Waals surface area contributed by atoms with E-state index in [0.717, 1.165) is 38.6 Å². The Bertz CT molecular complexity index is 1620. The van der Waals surface area contributed by atoms with Crippen LogP contribution in [-0.2, 0) is 0 Å². The van der Waals surface area contributed by atoms with Gasteiger partial charge in [0.15, 0.2) is 5.69 Å². The van der Waals surface area contributed by atoms with Crippen LogP contribution in [0.4, 0.5) is 0 Å².